The number of hydrogen-bond donors (Lipinski definition) is 1. The van der Waals surface area contributed by atoms with E-state index in [2.05, 4.69) is 5.32 Å². The van der Waals surface area contributed by atoms with Crippen LogP contribution < -0.4 is 5.32 Å². The lowest BCUT2D eigenvalue weighted by Gasteiger charge is -2.33. The Morgan fingerprint density at radius 1 is 1.25 bits per heavy atom. The molecule has 0 unspecified atom stereocenters. The molecule has 0 aromatic heterocycles. The van der Waals surface area contributed by atoms with Gasteiger partial charge in [0, 0.05) is 6.42 Å². The average Bonchev–Trinajstić information content (AvgIpc) is 2.83. The van der Waals surface area contributed by atoms with Crippen molar-refractivity contribution in [2.24, 2.45) is 0 Å². The second-order valence-electron chi connectivity index (χ2n) is 7.36. The molecule has 7 nitrogen and oxygen atoms in total. The van der Waals surface area contributed by atoms with Crippen LogP contribution in [-0.4, -0.2) is 53.2 Å². The van der Waals surface area contributed by atoms with E-state index in [-0.39, 0.29) is 24.0 Å². The van der Waals surface area contributed by atoms with Gasteiger partial charge in [0.05, 0.1) is 18.7 Å². The van der Waals surface area contributed by atoms with Crippen molar-refractivity contribution in [2.75, 3.05) is 6.61 Å². The standard InChI is InChI=1S/C17H28N2O5/c1-5-23-16(22)18-11-7-6-8-14(20)19-12(11)9-10-13(19)15(21)24-17(2,3)4/h11-13H,5-10H2,1-4H3,(H,18,22)/t11-,12-,13-/m0/s1. The fourth-order valence-electron chi connectivity index (χ4n) is 3.48. The molecule has 0 saturated carbocycles. The van der Waals surface area contributed by atoms with Crippen LogP contribution in [0.3, 0.4) is 0 Å². The maximum absolute atomic E-state index is 12.5. The summed E-state index contributed by atoms with van der Waals surface area (Å²) in [5.74, 6) is -0.406. The topological polar surface area (TPSA) is 84.9 Å². The summed E-state index contributed by atoms with van der Waals surface area (Å²) < 4.78 is 10.4. The van der Waals surface area contributed by atoms with E-state index in [1.807, 2.05) is 20.8 Å². The van der Waals surface area contributed by atoms with Crippen LogP contribution >= 0.6 is 0 Å². The van der Waals surface area contributed by atoms with E-state index >= 15 is 0 Å². The first kappa shape index (κ1) is 18.5. The highest BCUT2D eigenvalue weighted by Crippen LogP contribution is 2.33. The quantitative estimate of drug-likeness (QED) is 0.794. The van der Waals surface area contributed by atoms with Gasteiger partial charge in [0.25, 0.3) is 0 Å². The molecule has 2 heterocycles. The van der Waals surface area contributed by atoms with Crippen molar-refractivity contribution in [2.45, 2.75) is 83.5 Å². The van der Waals surface area contributed by atoms with Crippen LogP contribution in [0.4, 0.5) is 4.79 Å². The van der Waals surface area contributed by atoms with Gasteiger partial charge in [0.1, 0.15) is 11.6 Å². The van der Waals surface area contributed by atoms with Gasteiger partial charge in [-0.05, 0) is 53.4 Å². The minimum absolute atomic E-state index is 0.0403. The SMILES string of the molecule is CCOC(=O)N[C@H]1CCCC(=O)N2[C@H](C(=O)OC(C)(C)C)CC[C@@H]12. The molecule has 0 spiro atoms. The van der Waals surface area contributed by atoms with Crippen molar-refractivity contribution >= 4 is 18.0 Å². The molecule has 2 rings (SSSR count). The number of nitrogens with zero attached hydrogens (tertiary/aromatic N) is 1. The molecule has 24 heavy (non-hydrogen) atoms. The van der Waals surface area contributed by atoms with Crippen LogP contribution in [0.5, 0.6) is 0 Å². The lowest BCUT2D eigenvalue weighted by molar-refractivity contribution is -0.164. The molecule has 0 aromatic rings. The third kappa shape index (κ3) is 4.39. The summed E-state index contributed by atoms with van der Waals surface area (Å²) in [4.78, 5) is 38.4. The Labute approximate surface area is 143 Å². The average molecular weight is 340 g/mol. The van der Waals surface area contributed by atoms with Gasteiger partial charge in [0.2, 0.25) is 5.91 Å². The predicted octanol–water partition coefficient (Wildman–Crippen LogP) is 1.99. The maximum atomic E-state index is 12.5. The number of amides is 2. The third-order valence-corrected chi connectivity index (χ3v) is 4.34. The number of hydrogen-bond acceptors (Lipinski definition) is 5. The molecule has 2 fully saturated rings. The monoisotopic (exact) mass is 340 g/mol. The number of fused-ring (bicyclic) bond motifs is 1. The van der Waals surface area contributed by atoms with Crippen molar-refractivity contribution in [1.29, 1.82) is 0 Å². The van der Waals surface area contributed by atoms with Crippen molar-refractivity contribution in [3.05, 3.63) is 0 Å². The lowest BCUT2D eigenvalue weighted by Crippen LogP contribution is -2.53. The number of rotatable bonds is 3. The fourth-order valence-corrected chi connectivity index (χ4v) is 3.48. The summed E-state index contributed by atoms with van der Waals surface area (Å²) in [5.41, 5.74) is -0.591. The molecular weight excluding hydrogens is 312 g/mol. The number of carbonyl (C=O) groups is 3. The van der Waals surface area contributed by atoms with Crippen LogP contribution in [0.25, 0.3) is 0 Å². The summed E-state index contributed by atoms with van der Waals surface area (Å²) in [5, 5.41) is 2.85. The number of esters is 1. The zero-order chi connectivity index (χ0) is 17.9. The molecule has 1 N–H and O–H groups in total. The Bertz CT molecular complexity index is 500. The Morgan fingerprint density at radius 3 is 2.58 bits per heavy atom. The summed E-state index contributed by atoms with van der Waals surface area (Å²) in [6, 6.07) is -0.934. The fraction of sp³-hybridized carbons (Fsp3) is 0.824. The van der Waals surface area contributed by atoms with Gasteiger partial charge in [-0.25, -0.2) is 9.59 Å². The first-order valence-corrected chi connectivity index (χ1v) is 8.70. The van der Waals surface area contributed by atoms with E-state index < -0.39 is 17.7 Å². The second kappa shape index (κ2) is 7.40. The van der Waals surface area contributed by atoms with Crippen molar-refractivity contribution in [3.8, 4) is 0 Å². The molecule has 7 heteroatoms. The van der Waals surface area contributed by atoms with E-state index in [4.69, 9.17) is 9.47 Å². The van der Waals surface area contributed by atoms with Gasteiger partial charge in [-0.1, -0.05) is 0 Å². The molecule has 2 amide bonds. The van der Waals surface area contributed by atoms with Crippen LogP contribution in [0.15, 0.2) is 0 Å². The third-order valence-electron chi connectivity index (χ3n) is 4.34. The van der Waals surface area contributed by atoms with E-state index in [9.17, 15) is 14.4 Å². The zero-order valence-corrected chi connectivity index (χ0v) is 15.0. The largest absolute Gasteiger partial charge is 0.458 e. The van der Waals surface area contributed by atoms with Crippen molar-refractivity contribution in [1.82, 2.24) is 10.2 Å². The Hall–Kier alpha value is -1.79. The van der Waals surface area contributed by atoms with Crippen LogP contribution in [0.2, 0.25) is 0 Å². The highest BCUT2D eigenvalue weighted by Gasteiger charge is 2.47. The van der Waals surface area contributed by atoms with Gasteiger partial charge in [0.15, 0.2) is 0 Å². The van der Waals surface area contributed by atoms with Crippen LogP contribution in [0.1, 0.15) is 59.8 Å². The predicted molar refractivity (Wildman–Crippen MR) is 87.3 cm³/mol. The minimum atomic E-state index is -0.591. The molecule has 0 aliphatic carbocycles. The van der Waals surface area contributed by atoms with Crippen LogP contribution in [0, 0.1) is 0 Å². The molecular formula is C17H28N2O5. The molecule has 0 radical (unpaired) electrons. The first-order chi connectivity index (χ1) is 11.2. The number of nitrogens with one attached hydrogen (secondary N) is 1. The van der Waals surface area contributed by atoms with E-state index in [0.717, 1.165) is 0 Å². The summed E-state index contributed by atoms with van der Waals surface area (Å²) in [6.07, 6.45) is 2.53. The summed E-state index contributed by atoms with van der Waals surface area (Å²) in [7, 11) is 0. The summed E-state index contributed by atoms with van der Waals surface area (Å²) >= 11 is 0. The van der Waals surface area contributed by atoms with Crippen molar-refractivity contribution < 1.29 is 23.9 Å². The first-order valence-electron chi connectivity index (χ1n) is 8.70. The van der Waals surface area contributed by atoms with Gasteiger partial charge in [-0.15, -0.1) is 0 Å². The van der Waals surface area contributed by atoms with Gasteiger partial charge in [-0.2, -0.15) is 0 Å². The van der Waals surface area contributed by atoms with E-state index in [1.54, 1.807) is 11.8 Å². The zero-order valence-electron chi connectivity index (χ0n) is 15.0. The lowest BCUT2D eigenvalue weighted by atomic mass is 10.0. The van der Waals surface area contributed by atoms with Gasteiger partial charge >= 0.3 is 12.1 Å². The van der Waals surface area contributed by atoms with Gasteiger partial charge in [-0.3, -0.25) is 4.79 Å². The second-order valence-corrected chi connectivity index (χ2v) is 7.36. The van der Waals surface area contributed by atoms with E-state index in [1.165, 1.54) is 0 Å². The Morgan fingerprint density at radius 2 is 1.96 bits per heavy atom. The molecule has 2 aliphatic heterocycles. The summed E-state index contributed by atoms with van der Waals surface area (Å²) in [6.45, 7) is 7.48. The Kier molecular flexibility index (Phi) is 5.72. The molecule has 136 valence electrons. The highest BCUT2D eigenvalue weighted by molar-refractivity contribution is 5.86. The molecule has 2 aliphatic rings. The number of carbonyl (C=O) groups excluding carboxylic acids is 3. The number of ether oxygens (including phenoxy) is 2. The van der Waals surface area contributed by atoms with Gasteiger partial charge < -0.3 is 19.7 Å². The molecule has 2 saturated heterocycles. The maximum Gasteiger partial charge on any atom is 0.407 e. The number of alkyl carbamates (subject to hydrolysis) is 1. The molecule has 3 atom stereocenters. The minimum Gasteiger partial charge on any atom is -0.458 e. The Balaban J connectivity index is 2.13. The van der Waals surface area contributed by atoms with Crippen LogP contribution in [-0.2, 0) is 19.1 Å². The molecule has 0 bridgehead atoms. The highest BCUT2D eigenvalue weighted by atomic mass is 16.6. The van der Waals surface area contributed by atoms with Crippen molar-refractivity contribution in [3.63, 3.8) is 0 Å². The molecule has 0 aromatic carbocycles. The smallest absolute Gasteiger partial charge is 0.407 e. The normalized spacial score (nSPS) is 27.2. The van der Waals surface area contributed by atoms with E-state index in [0.29, 0.717) is 38.7 Å².